The van der Waals surface area contributed by atoms with Gasteiger partial charge in [0.05, 0.1) is 7.11 Å². The van der Waals surface area contributed by atoms with Crippen molar-refractivity contribution in [1.82, 2.24) is 0 Å². The van der Waals surface area contributed by atoms with Gasteiger partial charge in [-0.15, -0.1) is 0 Å². The predicted octanol–water partition coefficient (Wildman–Crippen LogP) is 9.29. The third kappa shape index (κ3) is 5.60. The fourth-order valence-corrected chi connectivity index (χ4v) is 14.7. The Kier molecular flexibility index (Phi) is 8.92. The molecular weight excluding hydrogens is 412 g/mol. The molecule has 0 fully saturated rings. The van der Waals surface area contributed by atoms with Crippen LogP contribution in [0.4, 0.5) is 0 Å². The van der Waals surface area contributed by atoms with E-state index in [9.17, 15) is 0 Å². The van der Waals surface area contributed by atoms with Gasteiger partial charge in [-0.1, -0.05) is 67.5 Å². The third-order valence-electron chi connectivity index (χ3n) is 6.97. The molecule has 0 saturated carbocycles. The van der Waals surface area contributed by atoms with E-state index in [-0.39, 0.29) is 0 Å². The molecule has 0 N–H and O–H groups in total. The molecule has 0 saturated heterocycles. The summed E-state index contributed by atoms with van der Waals surface area (Å²) in [6.07, 6.45) is 0.980. The average molecular weight is 457 g/mol. The van der Waals surface area contributed by atoms with Crippen molar-refractivity contribution in [2.75, 3.05) is 7.11 Å². The van der Waals surface area contributed by atoms with E-state index in [1.807, 2.05) is 0 Å². The van der Waals surface area contributed by atoms with Crippen LogP contribution in [-0.2, 0) is 6.42 Å². The minimum absolute atomic E-state index is 0.456. The van der Waals surface area contributed by atoms with Crippen LogP contribution in [0.1, 0.15) is 89.1 Å². The number of ether oxygens (including phenoxy) is 1. The summed E-state index contributed by atoms with van der Waals surface area (Å²) in [4.78, 5) is 1.47. The summed E-state index contributed by atoms with van der Waals surface area (Å²) in [5.74, 6) is 1.45. The molecule has 2 aromatic carbocycles. The van der Waals surface area contributed by atoms with Gasteiger partial charge in [0.15, 0.2) is 0 Å². The van der Waals surface area contributed by atoms with Crippen molar-refractivity contribution in [2.45, 2.75) is 103 Å². The standard InChI is InChI=1S/C28H44OSSi/c1-18(2)26-16-24(12-13-28(26)29-11)17-27-22(9)14-25(15-23(27)10)30-31(19(3)4,20(5)6)21(7)8/h12-16,18-21H,17H2,1-11H3. The van der Waals surface area contributed by atoms with Crippen molar-refractivity contribution in [1.29, 1.82) is 0 Å². The second-order valence-electron chi connectivity index (χ2n) is 10.4. The van der Waals surface area contributed by atoms with Crippen molar-refractivity contribution in [3.63, 3.8) is 0 Å². The number of hydrogen-bond donors (Lipinski definition) is 0. The molecule has 0 aromatic heterocycles. The van der Waals surface area contributed by atoms with Crippen LogP contribution in [-0.4, -0.2) is 14.3 Å². The van der Waals surface area contributed by atoms with Crippen molar-refractivity contribution in [3.8, 4) is 5.75 Å². The molecule has 0 aliphatic rings. The van der Waals surface area contributed by atoms with E-state index in [0.717, 1.165) is 28.8 Å². The molecule has 0 unspecified atom stereocenters. The molecule has 0 bridgehead atoms. The van der Waals surface area contributed by atoms with Crippen molar-refractivity contribution in [2.24, 2.45) is 0 Å². The van der Waals surface area contributed by atoms with Gasteiger partial charge in [-0.3, -0.25) is 0 Å². The highest BCUT2D eigenvalue weighted by molar-refractivity contribution is 8.29. The molecule has 0 radical (unpaired) electrons. The topological polar surface area (TPSA) is 9.23 Å². The number of methoxy groups -OCH3 is 1. The molecule has 0 atom stereocenters. The Hall–Kier alpha value is -1.19. The number of hydrogen-bond acceptors (Lipinski definition) is 2. The van der Waals surface area contributed by atoms with Crippen LogP contribution in [0.15, 0.2) is 35.2 Å². The zero-order valence-corrected chi connectivity index (χ0v) is 23.5. The van der Waals surface area contributed by atoms with Crippen molar-refractivity contribution in [3.05, 3.63) is 58.1 Å². The van der Waals surface area contributed by atoms with E-state index in [1.165, 1.54) is 32.7 Å². The third-order valence-corrected chi connectivity index (χ3v) is 19.2. The first-order valence-corrected chi connectivity index (χ1v) is 15.7. The molecule has 2 aromatic rings. The Labute approximate surface area is 197 Å². The Morgan fingerprint density at radius 2 is 1.32 bits per heavy atom. The SMILES string of the molecule is COc1ccc(Cc2c(C)cc(S[Si](C(C)C)(C(C)C)C(C)C)cc2C)cc1C(C)C. The van der Waals surface area contributed by atoms with E-state index >= 15 is 0 Å². The lowest BCUT2D eigenvalue weighted by Gasteiger charge is -2.42. The number of aryl methyl sites for hydroxylation is 2. The first kappa shape index (κ1) is 26.1. The van der Waals surface area contributed by atoms with Gasteiger partial charge in [0.1, 0.15) is 13.0 Å². The fraction of sp³-hybridized carbons (Fsp3) is 0.571. The number of rotatable bonds is 9. The monoisotopic (exact) mass is 456 g/mol. The van der Waals surface area contributed by atoms with Crippen LogP contribution in [0.3, 0.4) is 0 Å². The Balaban J connectivity index is 2.40. The summed E-state index contributed by atoms with van der Waals surface area (Å²) in [6.45, 7) is 23.7. The molecule has 31 heavy (non-hydrogen) atoms. The molecule has 2 rings (SSSR count). The summed E-state index contributed by atoms with van der Waals surface area (Å²) in [7, 11) is 0.231. The summed E-state index contributed by atoms with van der Waals surface area (Å²) >= 11 is 2.24. The molecule has 1 nitrogen and oxygen atoms in total. The molecular formula is C28H44OSSi. The van der Waals surface area contributed by atoms with Crippen LogP contribution < -0.4 is 4.74 Å². The van der Waals surface area contributed by atoms with Gasteiger partial charge < -0.3 is 4.74 Å². The zero-order valence-electron chi connectivity index (χ0n) is 21.7. The first-order valence-electron chi connectivity index (χ1n) is 11.9. The van der Waals surface area contributed by atoms with Gasteiger partial charge >= 0.3 is 0 Å². The Morgan fingerprint density at radius 3 is 1.74 bits per heavy atom. The lowest BCUT2D eigenvalue weighted by atomic mass is 9.93. The highest BCUT2D eigenvalue weighted by Gasteiger charge is 2.44. The zero-order chi connectivity index (χ0) is 23.5. The predicted molar refractivity (Wildman–Crippen MR) is 143 cm³/mol. The van der Waals surface area contributed by atoms with E-state index < -0.39 is 7.22 Å². The summed E-state index contributed by atoms with van der Waals surface area (Å²) < 4.78 is 5.58. The van der Waals surface area contributed by atoms with Gasteiger partial charge in [-0.2, -0.15) is 11.2 Å². The fourth-order valence-electron chi connectivity index (χ4n) is 5.40. The van der Waals surface area contributed by atoms with E-state index in [1.54, 1.807) is 7.11 Å². The Bertz CT molecular complexity index is 838. The van der Waals surface area contributed by atoms with Crippen LogP contribution in [0.2, 0.25) is 16.6 Å². The molecule has 0 heterocycles. The van der Waals surface area contributed by atoms with Crippen molar-refractivity contribution >= 4 is 18.4 Å². The molecule has 0 spiro atoms. The quantitative estimate of drug-likeness (QED) is 0.348. The average Bonchev–Trinajstić information content (AvgIpc) is 2.67. The second-order valence-corrected chi connectivity index (χ2v) is 18.9. The lowest BCUT2D eigenvalue weighted by molar-refractivity contribution is 0.407. The highest BCUT2D eigenvalue weighted by atomic mass is 32.4. The minimum atomic E-state index is -1.53. The highest BCUT2D eigenvalue weighted by Crippen LogP contribution is 2.52. The molecule has 172 valence electrons. The second kappa shape index (κ2) is 10.6. The maximum Gasteiger partial charge on any atom is 0.131 e. The molecule has 0 aliphatic heterocycles. The smallest absolute Gasteiger partial charge is 0.131 e. The van der Waals surface area contributed by atoms with Gasteiger partial charge in [0, 0.05) is 4.90 Å². The van der Waals surface area contributed by atoms with E-state index in [4.69, 9.17) is 4.74 Å². The molecule has 0 amide bonds. The lowest BCUT2D eigenvalue weighted by Crippen LogP contribution is -2.41. The molecule has 0 aliphatic carbocycles. The summed E-state index contributed by atoms with van der Waals surface area (Å²) in [6, 6.07) is 11.6. The maximum atomic E-state index is 5.58. The number of benzene rings is 2. The van der Waals surface area contributed by atoms with Crippen LogP contribution in [0.5, 0.6) is 5.75 Å². The minimum Gasteiger partial charge on any atom is -0.496 e. The summed E-state index contributed by atoms with van der Waals surface area (Å²) in [5.41, 5.74) is 9.24. The maximum absolute atomic E-state index is 5.58. The first-order chi connectivity index (χ1) is 14.4. The normalized spacial score (nSPS) is 12.5. The van der Waals surface area contributed by atoms with E-state index in [2.05, 4.69) is 111 Å². The van der Waals surface area contributed by atoms with Gasteiger partial charge in [-0.05, 0) is 88.8 Å². The summed E-state index contributed by atoms with van der Waals surface area (Å²) in [5, 5.41) is 0. The molecule has 3 heteroatoms. The Morgan fingerprint density at radius 1 is 0.806 bits per heavy atom. The van der Waals surface area contributed by atoms with Crippen molar-refractivity contribution < 1.29 is 4.74 Å². The van der Waals surface area contributed by atoms with E-state index in [0.29, 0.717) is 5.92 Å². The largest absolute Gasteiger partial charge is 0.496 e. The van der Waals surface area contributed by atoms with Crippen LogP contribution >= 0.6 is 11.2 Å². The van der Waals surface area contributed by atoms with Crippen LogP contribution in [0, 0.1) is 13.8 Å². The van der Waals surface area contributed by atoms with Gasteiger partial charge in [0.2, 0.25) is 0 Å². The van der Waals surface area contributed by atoms with Crippen LogP contribution in [0.25, 0.3) is 0 Å². The van der Waals surface area contributed by atoms with Gasteiger partial charge in [-0.25, -0.2) is 0 Å². The van der Waals surface area contributed by atoms with Gasteiger partial charge in [0.25, 0.3) is 0 Å².